The van der Waals surface area contributed by atoms with E-state index in [-0.39, 0.29) is 24.0 Å². The Balaban J connectivity index is 0. The molecule has 0 fully saturated rings. The maximum atomic E-state index is 11.6. The van der Waals surface area contributed by atoms with Gasteiger partial charge < -0.3 is 10.6 Å². The fourth-order valence-electron chi connectivity index (χ4n) is 1.23. The fourth-order valence-corrected chi connectivity index (χ4v) is 2.05. The number of guanidine groups is 1. The van der Waals surface area contributed by atoms with E-state index < -0.39 is 14.6 Å². The maximum absolute atomic E-state index is 11.6. The van der Waals surface area contributed by atoms with Crippen molar-refractivity contribution in [2.75, 3.05) is 38.4 Å². The van der Waals surface area contributed by atoms with Gasteiger partial charge in [-0.25, -0.2) is 8.42 Å². The van der Waals surface area contributed by atoms with Gasteiger partial charge in [-0.05, 0) is 38.7 Å². The highest BCUT2D eigenvalue weighted by Crippen LogP contribution is 2.13. The molecule has 0 radical (unpaired) electrons. The van der Waals surface area contributed by atoms with Crippen LogP contribution < -0.4 is 10.6 Å². The molecule has 0 atom stereocenters. The first-order valence-electron chi connectivity index (χ1n) is 6.37. The predicted octanol–water partition coefficient (Wildman–Crippen LogP) is 1.74. The second-order valence-electron chi connectivity index (χ2n) is 5.08. The van der Waals surface area contributed by atoms with E-state index in [1.54, 1.807) is 20.9 Å². The quantitative estimate of drug-likeness (QED) is 0.262. The van der Waals surface area contributed by atoms with Gasteiger partial charge in [0, 0.05) is 26.4 Å². The summed E-state index contributed by atoms with van der Waals surface area (Å²) in [6, 6.07) is 0. The predicted molar refractivity (Wildman–Crippen MR) is 101 cm³/mol. The first kappa shape index (κ1) is 22.6. The van der Waals surface area contributed by atoms with Crippen molar-refractivity contribution in [2.45, 2.75) is 31.4 Å². The lowest BCUT2D eigenvalue weighted by molar-refractivity contribution is 0.544. The Labute approximate surface area is 145 Å². The number of aliphatic imine (C=N–C) groups is 1. The summed E-state index contributed by atoms with van der Waals surface area (Å²) in [5.41, 5.74) is 0. The van der Waals surface area contributed by atoms with Crippen molar-refractivity contribution in [1.29, 1.82) is 0 Å². The summed E-state index contributed by atoms with van der Waals surface area (Å²) in [7, 11) is -1.40. The Morgan fingerprint density at radius 2 is 1.85 bits per heavy atom. The SMILES string of the molecule is CN=C(NCCCCSC)NCC(C)(C)S(C)(=O)=O.I. The van der Waals surface area contributed by atoms with Gasteiger partial charge in [0.15, 0.2) is 15.8 Å². The highest BCUT2D eigenvalue weighted by molar-refractivity contribution is 14.0. The second-order valence-corrected chi connectivity index (χ2v) is 8.72. The van der Waals surface area contributed by atoms with Crippen LogP contribution in [0.15, 0.2) is 4.99 Å². The molecule has 0 rings (SSSR count). The monoisotopic (exact) mass is 437 g/mol. The molecule has 0 aromatic rings. The molecule has 0 bridgehead atoms. The van der Waals surface area contributed by atoms with Crippen molar-refractivity contribution in [3.05, 3.63) is 0 Å². The number of hydrogen-bond acceptors (Lipinski definition) is 4. The van der Waals surface area contributed by atoms with Gasteiger partial charge in [-0.2, -0.15) is 11.8 Å². The van der Waals surface area contributed by atoms with E-state index >= 15 is 0 Å². The highest BCUT2D eigenvalue weighted by Gasteiger charge is 2.30. The molecule has 122 valence electrons. The number of nitrogens with zero attached hydrogens (tertiary/aromatic N) is 1. The normalized spacial score (nSPS) is 12.8. The number of halogens is 1. The van der Waals surface area contributed by atoms with Crippen molar-refractivity contribution >= 4 is 51.5 Å². The lowest BCUT2D eigenvalue weighted by atomic mass is 10.2. The van der Waals surface area contributed by atoms with Crippen LogP contribution >= 0.6 is 35.7 Å². The minimum atomic E-state index is -3.09. The average Bonchev–Trinajstić information content (AvgIpc) is 2.31. The fraction of sp³-hybridized carbons (Fsp3) is 0.917. The molecule has 0 saturated carbocycles. The number of rotatable bonds is 8. The number of unbranched alkanes of at least 4 members (excludes halogenated alkanes) is 1. The van der Waals surface area contributed by atoms with Crippen LogP contribution in [0.4, 0.5) is 0 Å². The molecule has 0 aromatic carbocycles. The third-order valence-corrected chi connectivity index (χ3v) is 5.83. The molecule has 0 heterocycles. The Morgan fingerprint density at radius 1 is 1.25 bits per heavy atom. The molecular weight excluding hydrogens is 409 g/mol. The number of nitrogens with one attached hydrogen (secondary N) is 2. The smallest absolute Gasteiger partial charge is 0.191 e. The van der Waals surface area contributed by atoms with E-state index in [1.807, 2.05) is 11.8 Å². The molecular formula is C12H28IN3O2S2. The van der Waals surface area contributed by atoms with Crippen LogP contribution in [0.1, 0.15) is 26.7 Å². The molecule has 20 heavy (non-hydrogen) atoms. The van der Waals surface area contributed by atoms with E-state index in [9.17, 15) is 8.42 Å². The molecule has 0 saturated heterocycles. The summed E-state index contributed by atoms with van der Waals surface area (Å²) in [5, 5.41) is 6.25. The van der Waals surface area contributed by atoms with Crippen LogP contribution in [-0.4, -0.2) is 57.5 Å². The van der Waals surface area contributed by atoms with E-state index in [2.05, 4.69) is 21.9 Å². The van der Waals surface area contributed by atoms with Crippen LogP contribution in [0.25, 0.3) is 0 Å². The van der Waals surface area contributed by atoms with Gasteiger partial charge in [0.1, 0.15) is 0 Å². The average molecular weight is 437 g/mol. The van der Waals surface area contributed by atoms with Gasteiger partial charge in [0.2, 0.25) is 0 Å². The molecule has 2 N–H and O–H groups in total. The van der Waals surface area contributed by atoms with Gasteiger partial charge in [-0.1, -0.05) is 0 Å². The zero-order valence-electron chi connectivity index (χ0n) is 13.0. The molecule has 8 heteroatoms. The summed E-state index contributed by atoms with van der Waals surface area (Å²) in [4.78, 5) is 4.09. The number of hydrogen-bond donors (Lipinski definition) is 2. The van der Waals surface area contributed by atoms with Crippen molar-refractivity contribution in [3.63, 3.8) is 0 Å². The zero-order chi connectivity index (χ0) is 14.9. The first-order chi connectivity index (χ1) is 8.74. The Morgan fingerprint density at radius 3 is 2.30 bits per heavy atom. The molecule has 0 aliphatic carbocycles. The summed E-state index contributed by atoms with van der Waals surface area (Å²) in [5.74, 6) is 1.82. The summed E-state index contributed by atoms with van der Waals surface area (Å²) >= 11 is 1.84. The summed E-state index contributed by atoms with van der Waals surface area (Å²) < 4.78 is 22.4. The van der Waals surface area contributed by atoms with Crippen LogP contribution in [0.5, 0.6) is 0 Å². The molecule has 5 nitrogen and oxygen atoms in total. The van der Waals surface area contributed by atoms with E-state index in [4.69, 9.17) is 0 Å². The van der Waals surface area contributed by atoms with Crippen molar-refractivity contribution < 1.29 is 8.42 Å². The standard InChI is InChI=1S/C12H27N3O2S2.HI/c1-12(2,19(5,16)17)10-15-11(13-3)14-8-6-7-9-18-4;/h6-10H2,1-5H3,(H2,13,14,15);1H. The molecule has 0 amide bonds. The van der Waals surface area contributed by atoms with Crippen molar-refractivity contribution in [1.82, 2.24) is 10.6 Å². The minimum Gasteiger partial charge on any atom is -0.356 e. The maximum Gasteiger partial charge on any atom is 0.191 e. The minimum absolute atomic E-state index is 0. The largest absolute Gasteiger partial charge is 0.356 e. The first-order valence-corrected chi connectivity index (χ1v) is 9.66. The van der Waals surface area contributed by atoms with Gasteiger partial charge in [-0.15, -0.1) is 24.0 Å². The van der Waals surface area contributed by atoms with Crippen LogP contribution in [0, 0.1) is 0 Å². The van der Waals surface area contributed by atoms with Crippen LogP contribution in [0.2, 0.25) is 0 Å². The lowest BCUT2D eigenvalue weighted by Crippen LogP contribution is -2.47. The molecule has 0 aliphatic heterocycles. The topological polar surface area (TPSA) is 70.6 Å². The van der Waals surface area contributed by atoms with Gasteiger partial charge in [0.05, 0.1) is 4.75 Å². The molecule has 0 unspecified atom stereocenters. The van der Waals surface area contributed by atoms with Crippen LogP contribution in [-0.2, 0) is 9.84 Å². The Hall–Kier alpha value is 0.300. The molecule has 0 aromatic heterocycles. The number of sulfone groups is 1. The highest BCUT2D eigenvalue weighted by atomic mass is 127. The van der Waals surface area contributed by atoms with Crippen molar-refractivity contribution in [2.24, 2.45) is 4.99 Å². The van der Waals surface area contributed by atoms with E-state index in [0.717, 1.165) is 18.7 Å². The summed E-state index contributed by atoms with van der Waals surface area (Å²) in [6.07, 6.45) is 5.60. The molecule has 0 aliphatic rings. The lowest BCUT2D eigenvalue weighted by Gasteiger charge is -2.24. The van der Waals surface area contributed by atoms with Crippen molar-refractivity contribution in [3.8, 4) is 0 Å². The Kier molecular flexibility index (Phi) is 12.4. The summed E-state index contributed by atoms with van der Waals surface area (Å²) in [6.45, 7) is 4.61. The third-order valence-electron chi connectivity index (χ3n) is 2.98. The Bertz CT molecular complexity index is 384. The van der Waals surface area contributed by atoms with Gasteiger partial charge in [0.25, 0.3) is 0 Å². The van der Waals surface area contributed by atoms with E-state index in [1.165, 1.54) is 12.7 Å². The number of thioether (sulfide) groups is 1. The van der Waals surface area contributed by atoms with Crippen LogP contribution in [0.3, 0.4) is 0 Å². The second kappa shape index (κ2) is 10.9. The van der Waals surface area contributed by atoms with E-state index in [0.29, 0.717) is 12.5 Å². The van der Waals surface area contributed by atoms with Gasteiger partial charge in [-0.3, -0.25) is 4.99 Å². The zero-order valence-corrected chi connectivity index (χ0v) is 17.0. The van der Waals surface area contributed by atoms with Gasteiger partial charge >= 0.3 is 0 Å². The third kappa shape index (κ3) is 9.28. The molecule has 0 spiro atoms.